The molecule has 0 aliphatic carbocycles. The molecule has 0 spiro atoms. The molecule has 1 aliphatic heterocycles. The third-order valence-corrected chi connectivity index (χ3v) is 4.38. The summed E-state index contributed by atoms with van der Waals surface area (Å²) >= 11 is 7.96. The van der Waals surface area contributed by atoms with Gasteiger partial charge in [0.25, 0.3) is 0 Å². The van der Waals surface area contributed by atoms with E-state index in [-0.39, 0.29) is 0 Å². The number of aryl methyl sites for hydroxylation is 1. The average molecular weight is 232 g/mol. The second-order valence-corrected chi connectivity index (χ2v) is 5.61. The van der Waals surface area contributed by atoms with E-state index in [1.807, 2.05) is 23.4 Å². The van der Waals surface area contributed by atoms with Gasteiger partial charge in [0.05, 0.1) is 11.7 Å². The van der Waals surface area contributed by atoms with Crippen LogP contribution in [0.2, 0.25) is 5.02 Å². The van der Waals surface area contributed by atoms with Crippen LogP contribution in [0.5, 0.6) is 0 Å². The fourth-order valence-electron chi connectivity index (χ4n) is 1.79. The minimum atomic E-state index is 0.418. The second-order valence-electron chi connectivity index (χ2n) is 3.76. The summed E-state index contributed by atoms with van der Waals surface area (Å²) in [6.07, 6.45) is 1.13. The zero-order chi connectivity index (χ0) is 10.3. The Bertz CT molecular complexity index is 350. The van der Waals surface area contributed by atoms with Crippen LogP contribution in [-0.4, -0.2) is 20.8 Å². The van der Waals surface area contributed by atoms with Crippen LogP contribution in [0.25, 0.3) is 0 Å². The Morgan fingerprint density at radius 3 is 2.79 bits per heavy atom. The van der Waals surface area contributed by atoms with Gasteiger partial charge in [-0.3, -0.25) is 0 Å². The SMILES string of the molecule is Cc1nn(C2CSC(C)C2)c(N)c1Cl. The summed E-state index contributed by atoms with van der Waals surface area (Å²) in [6, 6.07) is 0.418. The largest absolute Gasteiger partial charge is 0.383 e. The Kier molecular flexibility index (Phi) is 2.66. The third-order valence-electron chi connectivity index (χ3n) is 2.57. The molecular weight excluding hydrogens is 218 g/mol. The van der Waals surface area contributed by atoms with Crippen LogP contribution >= 0.6 is 23.4 Å². The van der Waals surface area contributed by atoms with E-state index in [1.54, 1.807) is 0 Å². The van der Waals surface area contributed by atoms with Gasteiger partial charge < -0.3 is 5.73 Å². The Hall–Kier alpha value is -0.350. The van der Waals surface area contributed by atoms with E-state index in [2.05, 4.69) is 12.0 Å². The monoisotopic (exact) mass is 231 g/mol. The standard InChI is InChI=1S/C9H14ClN3S/c1-5-3-7(4-14-5)13-9(11)8(10)6(2)12-13/h5,7H,3-4,11H2,1-2H3. The van der Waals surface area contributed by atoms with Gasteiger partial charge in [0.1, 0.15) is 10.8 Å². The van der Waals surface area contributed by atoms with Crippen molar-refractivity contribution in [1.29, 1.82) is 0 Å². The highest BCUT2D eigenvalue weighted by atomic mass is 35.5. The molecule has 14 heavy (non-hydrogen) atoms. The minimum Gasteiger partial charge on any atom is -0.383 e. The molecule has 2 heterocycles. The van der Waals surface area contributed by atoms with E-state index in [0.29, 0.717) is 22.1 Å². The number of nitrogens with zero attached hydrogens (tertiary/aromatic N) is 2. The maximum atomic E-state index is 6.00. The lowest BCUT2D eigenvalue weighted by molar-refractivity contribution is 0.489. The average Bonchev–Trinajstić information content (AvgIpc) is 2.66. The first-order valence-corrected chi connectivity index (χ1v) is 6.14. The number of aromatic nitrogens is 2. The quantitative estimate of drug-likeness (QED) is 0.808. The Balaban J connectivity index is 2.28. The van der Waals surface area contributed by atoms with Crippen molar-refractivity contribution in [3.05, 3.63) is 10.7 Å². The summed E-state index contributed by atoms with van der Waals surface area (Å²) in [5.41, 5.74) is 6.72. The van der Waals surface area contributed by atoms with Gasteiger partial charge in [-0.2, -0.15) is 16.9 Å². The maximum Gasteiger partial charge on any atom is 0.141 e. The molecule has 0 aromatic carbocycles. The molecule has 1 aromatic heterocycles. The van der Waals surface area contributed by atoms with Crippen molar-refractivity contribution < 1.29 is 0 Å². The summed E-state index contributed by atoms with van der Waals surface area (Å²) in [5, 5.41) is 5.68. The number of thioether (sulfide) groups is 1. The first kappa shape index (κ1) is 10.2. The van der Waals surface area contributed by atoms with Crippen molar-refractivity contribution in [3.63, 3.8) is 0 Å². The molecule has 5 heteroatoms. The molecule has 1 aromatic rings. The molecule has 1 aliphatic rings. The van der Waals surface area contributed by atoms with Gasteiger partial charge in [0.2, 0.25) is 0 Å². The van der Waals surface area contributed by atoms with Crippen molar-refractivity contribution in [3.8, 4) is 0 Å². The van der Waals surface area contributed by atoms with E-state index in [4.69, 9.17) is 17.3 Å². The van der Waals surface area contributed by atoms with Crippen molar-refractivity contribution in [2.45, 2.75) is 31.6 Å². The molecule has 2 unspecified atom stereocenters. The normalized spacial score (nSPS) is 27.1. The molecule has 0 bridgehead atoms. The molecule has 0 radical (unpaired) electrons. The fourth-order valence-corrected chi connectivity index (χ4v) is 3.10. The molecule has 3 nitrogen and oxygen atoms in total. The van der Waals surface area contributed by atoms with Crippen molar-refractivity contribution in [1.82, 2.24) is 9.78 Å². The Labute approximate surface area is 93.0 Å². The Morgan fingerprint density at radius 2 is 2.36 bits per heavy atom. The molecule has 2 N–H and O–H groups in total. The number of halogens is 1. The Morgan fingerprint density at radius 1 is 1.64 bits per heavy atom. The van der Waals surface area contributed by atoms with Gasteiger partial charge >= 0.3 is 0 Å². The maximum absolute atomic E-state index is 6.00. The predicted molar refractivity (Wildman–Crippen MR) is 62.0 cm³/mol. The highest BCUT2D eigenvalue weighted by molar-refractivity contribution is 8.00. The number of anilines is 1. The second kappa shape index (κ2) is 3.66. The molecular formula is C9H14ClN3S. The summed E-state index contributed by atoms with van der Waals surface area (Å²) in [5.74, 6) is 1.70. The summed E-state index contributed by atoms with van der Waals surface area (Å²) in [7, 11) is 0. The number of rotatable bonds is 1. The van der Waals surface area contributed by atoms with Crippen LogP contribution in [-0.2, 0) is 0 Å². The van der Waals surface area contributed by atoms with E-state index in [9.17, 15) is 0 Å². The lowest BCUT2D eigenvalue weighted by atomic mass is 10.2. The van der Waals surface area contributed by atoms with Crippen LogP contribution in [0.1, 0.15) is 25.1 Å². The number of nitrogens with two attached hydrogens (primary N) is 1. The first-order chi connectivity index (χ1) is 6.59. The van der Waals surface area contributed by atoms with Crippen LogP contribution in [0.4, 0.5) is 5.82 Å². The van der Waals surface area contributed by atoms with E-state index < -0.39 is 0 Å². The molecule has 0 amide bonds. The number of hydrogen-bond donors (Lipinski definition) is 1. The summed E-state index contributed by atoms with van der Waals surface area (Å²) in [4.78, 5) is 0. The van der Waals surface area contributed by atoms with Crippen LogP contribution < -0.4 is 5.73 Å². The van der Waals surface area contributed by atoms with Crippen LogP contribution in [0.3, 0.4) is 0 Å². The van der Waals surface area contributed by atoms with Gasteiger partial charge in [0.15, 0.2) is 0 Å². The van der Waals surface area contributed by atoms with Gasteiger partial charge in [-0.05, 0) is 13.3 Å². The topological polar surface area (TPSA) is 43.8 Å². The smallest absolute Gasteiger partial charge is 0.141 e. The lowest BCUT2D eigenvalue weighted by Gasteiger charge is -2.11. The third kappa shape index (κ3) is 1.61. The highest BCUT2D eigenvalue weighted by Gasteiger charge is 2.26. The van der Waals surface area contributed by atoms with Gasteiger partial charge in [0, 0.05) is 11.0 Å². The highest BCUT2D eigenvalue weighted by Crippen LogP contribution is 2.37. The molecule has 1 fully saturated rings. The van der Waals surface area contributed by atoms with E-state index >= 15 is 0 Å². The molecule has 2 atom stereocenters. The minimum absolute atomic E-state index is 0.418. The van der Waals surface area contributed by atoms with Crippen molar-refractivity contribution in [2.24, 2.45) is 0 Å². The molecule has 78 valence electrons. The van der Waals surface area contributed by atoms with Gasteiger partial charge in [-0.1, -0.05) is 18.5 Å². The van der Waals surface area contributed by atoms with Crippen LogP contribution in [0, 0.1) is 6.92 Å². The predicted octanol–water partition coefficient (Wildman–Crippen LogP) is 2.49. The number of hydrogen-bond acceptors (Lipinski definition) is 3. The fraction of sp³-hybridized carbons (Fsp3) is 0.667. The van der Waals surface area contributed by atoms with Crippen molar-refractivity contribution >= 4 is 29.2 Å². The summed E-state index contributed by atoms with van der Waals surface area (Å²) in [6.45, 7) is 4.12. The zero-order valence-electron chi connectivity index (χ0n) is 8.33. The number of nitrogen functional groups attached to an aromatic ring is 1. The lowest BCUT2D eigenvalue weighted by Crippen LogP contribution is -2.13. The van der Waals surface area contributed by atoms with Crippen LogP contribution in [0.15, 0.2) is 0 Å². The molecule has 0 saturated carbocycles. The van der Waals surface area contributed by atoms with Crippen molar-refractivity contribution in [2.75, 3.05) is 11.5 Å². The zero-order valence-corrected chi connectivity index (χ0v) is 9.90. The first-order valence-electron chi connectivity index (χ1n) is 4.71. The molecule has 1 saturated heterocycles. The van der Waals surface area contributed by atoms with E-state index in [1.165, 1.54) is 0 Å². The van der Waals surface area contributed by atoms with E-state index in [0.717, 1.165) is 17.9 Å². The summed E-state index contributed by atoms with van der Waals surface area (Å²) < 4.78 is 1.88. The van der Waals surface area contributed by atoms with Gasteiger partial charge in [-0.15, -0.1) is 0 Å². The van der Waals surface area contributed by atoms with Gasteiger partial charge in [-0.25, -0.2) is 4.68 Å². The molecule has 2 rings (SSSR count).